The fourth-order valence-corrected chi connectivity index (χ4v) is 5.56. The third-order valence-corrected chi connectivity index (χ3v) is 7.32. The van der Waals surface area contributed by atoms with Crippen molar-refractivity contribution in [2.24, 2.45) is 0 Å². The summed E-state index contributed by atoms with van der Waals surface area (Å²) in [6, 6.07) is 19.6. The second kappa shape index (κ2) is 11.1. The Hall–Kier alpha value is -2.47. The number of carbonyl (C=O) groups excluding carboxylic acids is 1. The van der Waals surface area contributed by atoms with Crippen LogP contribution in [0.1, 0.15) is 38.8 Å². The molecule has 0 aromatic heterocycles. The molecule has 9 nitrogen and oxygen atoms in total. The SMILES string of the molecule is CC1(C)O[C@H]2O[C@H](C(=O)/C=C/[C@H]3O[C@@H]4OC(C)(C)O[C@@H]4[C@H]3OCc3ccccc3)[C@H](OCc3ccccc3)[C@H]2O1. The van der Waals surface area contributed by atoms with Crippen molar-refractivity contribution in [1.29, 1.82) is 0 Å². The van der Waals surface area contributed by atoms with Gasteiger partial charge in [-0.15, -0.1) is 0 Å². The highest BCUT2D eigenvalue weighted by Crippen LogP contribution is 2.41. The van der Waals surface area contributed by atoms with Gasteiger partial charge in [-0.3, -0.25) is 4.79 Å². The topological polar surface area (TPSA) is 90.9 Å². The molecule has 0 amide bonds. The molecule has 4 aliphatic rings. The lowest BCUT2D eigenvalue weighted by atomic mass is 10.0. The third-order valence-electron chi connectivity index (χ3n) is 7.32. The lowest BCUT2D eigenvalue weighted by Gasteiger charge is -2.25. The summed E-state index contributed by atoms with van der Waals surface area (Å²) < 4.78 is 48.7. The van der Waals surface area contributed by atoms with Crippen LogP contribution in [0.2, 0.25) is 0 Å². The zero-order chi connectivity index (χ0) is 27.9. The Labute approximate surface area is 234 Å². The zero-order valence-corrected chi connectivity index (χ0v) is 23.1. The minimum Gasteiger partial charge on any atom is -0.368 e. The minimum atomic E-state index is -0.901. The Morgan fingerprint density at radius 2 is 1.23 bits per heavy atom. The normalized spacial score (nSPS) is 35.7. The van der Waals surface area contributed by atoms with Crippen molar-refractivity contribution in [3.63, 3.8) is 0 Å². The number of fused-ring (bicyclic) bond motifs is 2. The predicted molar refractivity (Wildman–Crippen MR) is 142 cm³/mol. The minimum absolute atomic E-state index is 0.276. The van der Waals surface area contributed by atoms with E-state index in [0.29, 0.717) is 13.2 Å². The Balaban J connectivity index is 1.16. The first-order valence-electron chi connectivity index (χ1n) is 13.7. The number of ketones is 1. The van der Waals surface area contributed by atoms with Gasteiger partial charge >= 0.3 is 0 Å². The van der Waals surface area contributed by atoms with Crippen LogP contribution >= 0.6 is 0 Å². The highest BCUT2D eigenvalue weighted by molar-refractivity contribution is 5.94. The first kappa shape index (κ1) is 27.7. The van der Waals surface area contributed by atoms with Gasteiger partial charge in [-0.2, -0.15) is 0 Å². The van der Waals surface area contributed by atoms with Crippen molar-refractivity contribution in [3.8, 4) is 0 Å². The number of hydrogen-bond donors (Lipinski definition) is 0. The molecule has 9 heteroatoms. The molecular weight excluding hydrogens is 516 g/mol. The van der Waals surface area contributed by atoms with E-state index in [1.807, 2.05) is 88.4 Å². The summed E-state index contributed by atoms with van der Waals surface area (Å²) in [7, 11) is 0. The molecule has 0 N–H and O–H groups in total. The molecule has 0 saturated carbocycles. The third kappa shape index (κ3) is 5.93. The summed E-state index contributed by atoms with van der Waals surface area (Å²) in [5.41, 5.74) is 2.01. The molecule has 2 aromatic rings. The Bertz CT molecular complexity index is 1200. The van der Waals surface area contributed by atoms with Crippen molar-refractivity contribution in [1.82, 2.24) is 0 Å². The van der Waals surface area contributed by atoms with E-state index in [1.54, 1.807) is 6.08 Å². The average molecular weight is 553 g/mol. The van der Waals surface area contributed by atoms with Gasteiger partial charge in [0.05, 0.1) is 13.2 Å². The van der Waals surface area contributed by atoms with Crippen LogP contribution in [0.3, 0.4) is 0 Å². The number of ether oxygens (including phenoxy) is 8. The number of rotatable bonds is 9. The molecular formula is C31H36O9. The van der Waals surface area contributed by atoms with E-state index in [0.717, 1.165) is 11.1 Å². The van der Waals surface area contributed by atoms with E-state index in [1.165, 1.54) is 6.08 Å². The maximum atomic E-state index is 13.5. The molecule has 0 spiro atoms. The highest BCUT2D eigenvalue weighted by Gasteiger charge is 2.58. The van der Waals surface area contributed by atoms with Gasteiger partial charge in [-0.25, -0.2) is 0 Å². The molecule has 8 atom stereocenters. The van der Waals surface area contributed by atoms with Crippen LogP contribution in [-0.2, 0) is 55.9 Å². The molecule has 0 aliphatic carbocycles. The molecule has 214 valence electrons. The highest BCUT2D eigenvalue weighted by atomic mass is 16.9. The lowest BCUT2D eigenvalue weighted by molar-refractivity contribution is -0.217. The molecule has 0 unspecified atom stereocenters. The summed E-state index contributed by atoms with van der Waals surface area (Å²) in [6.07, 6.45) is -1.70. The van der Waals surface area contributed by atoms with E-state index in [2.05, 4.69) is 0 Å². The zero-order valence-electron chi connectivity index (χ0n) is 23.1. The quantitative estimate of drug-likeness (QED) is 0.428. The number of hydrogen-bond acceptors (Lipinski definition) is 9. The molecule has 4 aliphatic heterocycles. The van der Waals surface area contributed by atoms with E-state index in [9.17, 15) is 4.79 Å². The smallest absolute Gasteiger partial charge is 0.190 e. The summed E-state index contributed by atoms with van der Waals surface area (Å²) in [5.74, 6) is -1.90. The standard InChI is InChI=1S/C31H36O9/c1-30(2)37-26-24(33-17-19-11-7-5-8-12-19)22(35-28(26)39-30)16-15-21(32)23-25(34-18-20-13-9-6-10-14-20)27-29(36-23)40-31(3,4)38-27/h5-16,22-29H,17-18H2,1-4H3/b16-15+/t22-,23-,24+,25+,26-,27-,28-,29-/m1/s1. The van der Waals surface area contributed by atoms with E-state index in [4.69, 9.17) is 37.9 Å². The van der Waals surface area contributed by atoms with Gasteiger partial charge in [0.1, 0.15) is 30.5 Å². The van der Waals surface area contributed by atoms with Gasteiger partial charge in [0.15, 0.2) is 36.0 Å². The van der Waals surface area contributed by atoms with Crippen molar-refractivity contribution in [2.75, 3.05) is 0 Å². The molecule has 4 heterocycles. The van der Waals surface area contributed by atoms with Crippen LogP contribution in [0.4, 0.5) is 0 Å². The summed E-state index contributed by atoms with van der Waals surface area (Å²) in [4.78, 5) is 13.5. The van der Waals surface area contributed by atoms with Gasteiger partial charge in [0.25, 0.3) is 0 Å². The van der Waals surface area contributed by atoms with Gasteiger partial charge in [0, 0.05) is 0 Å². The molecule has 4 fully saturated rings. The predicted octanol–water partition coefficient (Wildman–Crippen LogP) is 4.04. The van der Waals surface area contributed by atoms with E-state index < -0.39 is 60.8 Å². The largest absolute Gasteiger partial charge is 0.368 e. The Kier molecular flexibility index (Phi) is 7.67. The monoisotopic (exact) mass is 552 g/mol. The van der Waals surface area contributed by atoms with Crippen LogP contribution in [0, 0.1) is 0 Å². The average Bonchev–Trinajstić information content (AvgIpc) is 3.60. The van der Waals surface area contributed by atoms with Crippen LogP contribution < -0.4 is 0 Å². The summed E-state index contributed by atoms with van der Waals surface area (Å²) in [5, 5.41) is 0. The fraction of sp³-hybridized carbons (Fsp3) is 0.516. The van der Waals surface area contributed by atoms with Crippen LogP contribution in [0.5, 0.6) is 0 Å². The molecule has 0 radical (unpaired) electrons. The van der Waals surface area contributed by atoms with Crippen molar-refractivity contribution < 1.29 is 42.7 Å². The van der Waals surface area contributed by atoms with Gasteiger partial charge < -0.3 is 37.9 Å². The van der Waals surface area contributed by atoms with Crippen LogP contribution in [0.25, 0.3) is 0 Å². The molecule has 40 heavy (non-hydrogen) atoms. The molecule has 6 rings (SSSR count). The maximum absolute atomic E-state index is 13.5. The van der Waals surface area contributed by atoms with Crippen molar-refractivity contribution in [2.45, 2.75) is 102 Å². The van der Waals surface area contributed by atoms with E-state index >= 15 is 0 Å². The number of benzene rings is 2. The fourth-order valence-electron chi connectivity index (χ4n) is 5.56. The van der Waals surface area contributed by atoms with Crippen LogP contribution in [0.15, 0.2) is 72.8 Å². The molecule has 0 bridgehead atoms. The Morgan fingerprint density at radius 1 is 0.725 bits per heavy atom. The first-order valence-corrected chi connectivity index (χ1v) is 13.7. The molecule has 4 saturated heterocycles. The molecule has 2 aromatic carbocycles. The maximum Gasteiger partial charge on any atom is 0.190 e. The van der Waals surface area contributed by atoms with Crippen molar-refractivity contribution >= 4 is 5.78 Å². The first-order chi connectivity index (χ1) is 19.2. The number of carbonyl (C=O) groups is 1. The van der Waals surface area contributed by atoms with Gasteiger partial charge in [0.2, 0.25) is 0 Å². The van der Waals surface area contributed by atoms with Crippen molar-refractivity contribution in [3.05, 3.63) is 83.9 Å². The summed E-state index contributed by atoms with van der Waals surface area (Å²) >= 11 is 0. The van der Waals surface area contributed by atoms with Gasteiger partial charge in [-0.05, 0) is 51.0 Å². The lowest BCUT2D eigenvalue weighted by Crippen LogP contribution is -2.40. The summed E-state index contributed by atoms with van der Waals surface area (Å²) in [6.45, 7) is 7.99. The van der Waals surface area contributed by atoms with Crippen LogP contribution in [-0.4, -0.2) is 66.6 Å². The van der Waals surface area contributed by atoms with Gasteiger partial charge in [-0.1, -0.05) is 60.7 Å². The Morgan fingerprint density at radius 3 is 1.80 bits per heavy atom. The van der Waals surface area contributed by atoms with E-state index in [-0.39, 0.29) is 5.78 Å². The second-order valence-electron chi connectivity index (χ2n) is 11.4. The second-order valence-corrected chi connectivity index (χ2v) is 11.4.